The van der Waals surface area contributed by atoms with E-state index < -0.39 is 5.60 Å². The molecule has 2 amide bonds. The zero-order chi connectivity index (χ0) is 20.1. The summed E-state index contributed by atoms with van der Waals surface area (Å²) in [7, 11) is 0. The van der Waals surface area contributed by atoms with Crippen LogP contribution >= 0.6 is 0 Å². The average molecular weight is 389 g/mol. The molecule has 2 aliphatic heterocycles. The van der Waals surface area contributed by atoms with E-state index in [0.717, 1.165) is 37.8 Å². The fraction of sp³-hybridized carbons (Fsp3) is 0.636. The van der Waals surface area contributed by atoms with E-state index in [1.165, 1.54) is 0 Å². The molecule has 1 atom stereocenters. The third kappa shape index (κ3) is 5.40. The largest absolute Gasteiger partial charge is 0.445 e. The predicted molar refractivity (Wildman–Crippen MR) is 107 cm³/mol. The SMILES string of the molecule is CC(C)(C)OC(=O)N1CCC[C@@H]1C1CCN(C(=O)OCc2ccccc2)CC1. The van der Waals surface area contributed by atoms with Crippen LogP contribution in [0.2, 0.25) is 0 Å². The van der Waals surface area contributed by atoms with Crippen LogP contribution in [0, 0.1) is 5.92 Å². The minimum absolute atomic E-state index is 0.209. The van der Waals surface area contributed by atoms with Crippen molar-refractivity contribution in [3.05, 3.63) is 35.9 Å². The molecule has 154 valence electrons. The van der Waals surface area contributed by atoms with E-state index in [2.05, 4.69) is 0 Å². The standard InChI is InChI=1S/C22H32N2O4/c1-22(2,3)28-21(26)24-13-7-10-19(24)18-11-14-23(15-12-18)20(25)27-16-17-8-5-4-6-9-17/h4-6,8-9,18-19H,7,10-16H2,1-3H3/t19-/m1/s1. The lowest BCUT2D eigenvalue weighted by Crippen LogP contribution is -2.47. The van der Waals surface area contributed by atoms with Crippen molar-refractivity contribution in [1.29, 1.82) is 0 Å². The maximum absolute atomic E-state index is 12.5. The number of rotatable bonds is 3. The molecule has 2 fully saturated rings. The van der Waals surface area contributed by atoms with Crippen LogP contribution in [-0.2, 0) is 16.1 Å². The second-order valence-electron chi connectivity index (χ2n) is 8.75. The van der Waals surface area contributed by atoms with Crippen molar-refractivity contribution in [2.24, 2.45) is 5.92 Å². The van der Waals surface area contributed by atoms with Crippen LogP contribution in [0.15, 0.2) is 30.3 Å². The smallest absolute Gasteiger partial charge is 0.410 e. The Hall–Kier alpha value is -2.24. The van der Waals surface area contributed by atoms with Gasteiger partial charge in [0.15, 0.2) is 0 Å². The second-order valence-corrected chi connectivity index (χ2v) is 8.75. The van der Waals surface area contributed by atoms with E-state index in [1.54, 1.807) is 4.90 Å². The molecule has 1 aromatic carbocycles. The summed E-state index contributed by atoms with van der Waals surface area (Å²) in [5.74, 6) is 0.410. The summed E-state index contributed by atoms with van der Waals surface area (Å²) in [6.07, 6.45) is 3.36. The summed E-state index contributed by atoms with van der Waals surface area (Å²) >= 11 is 0. The van der Waals surface area contributed by atoms with Crippen molar-refractivity contribution in [2.75, 3.05) is 19.6 Å². The molecule has 3 rings (SSSR count). The fourth-order valence-corrected chi connectivity index (χ4v) is 4.11. The molecule has 0 aliphatic carbocycles. The lowest BCUT2D eigenvalue weighted by Gasteiger charge is -2.38. The molecule has 2 aliphatic rings. The molecule has 6 nitrogen and oxygen atoms in total. The number of ether oxygens (including phenoxy) is 2. The van der Waals surface area contributed by atoms with Gasteiger partial charge in [-0.05, 0) is 57.9 Å². The first-order valence-corrected chi connectivity index (χ1v) is 10.3. The number of carbonyl (C=O) groups is 2. The molecule has 0 radical (unpaired) electrons. The van der Waals surface area contributed by atoms with Crippen molar-refractivity contribution in [1.82, 2.24) is 9.80 Å². The lowest BCUT2D eigenvalue weighted by atomic mass is 9.88. The zero-order valence-electron chi connectivity index (χ0n) is 17.2. The maximum Gasteiger partial charge on any atom is 0.410 e. The second kappa shape index (κ2) is 8.84. The third-order valence-corrected chi connectivity index (χ3v) is 5.47. The van der Waals surface area contributed by atoms with Gasteiger partial charge in [-0.3, -0.25) is 0 Å². The van der Waals surface area contributed by atoms with E-state index in [0.29, 0.717) is 25.6 Å². The lowest BCUT2D eigenvalue weighted by molar-refractivity contribution is 0.0126. The Morgan fingerprint density at radius 1 is 1.00 bits per heavy atom. The van der Waals surface area contributed by atoms with Gasteiger partial charge in [-0.25, -0.2) is 9.59 Å². The Kier molecular flexibility index (Phi) is 6.47. The number of hydrogen-bond donors (Lipinski definition) is 0. The Morgan fingerprint density at radius 3 is 2.32 bits per heavy atom. The van der Waals surface area contributed by atoms with E-state index >= 15 is 0 Å². The van der Waals surface area contributed by atoms with Crippen LogP contribution in [0.4, 0.5) is 9.59 Å². The van der Waals surface area contributed by atoms with Crippen LogP contribution < -0.4 is 0 Å². The highest BCUT2D eigenvalue weighted by Crippen LogP contribution is 2.32. The molecule has 28 heavy (non-hydrogen) atoms. The number of piperidine rings is 1. The van der Waals surface area contributed by atoms with Gasteiger partial charge in [0.05, 0.1) is 0 Å². The summed E-state index contributed by atoms with van der Waals surface area (Å²) in [5.41, 5.74) is 0.514. The number of carbonyl (C=O) groups excluding carboxylic acids is 2. The average Bonchev–Trinajstić information content (AvgIpc) is 3.16. The Bertz CT molecular complexity index is 663. The van der Waals surface area contributed by atoms with Crippen LogP contribution in [0.3, 0.4) is 0 Å². The molecular formula is C22H32N2O4. The topological polar surface area (TPSA) is 59.1 Å². The molecule has 0 N–H and O–H groups in total. The summed E-state index contributed by atoms with van der Waals surface area (Å²) in [5, 5.41) is 0. The van der Waals surface area contributed by atoms with Crippen LogP contribution in [0.5, 0.6) is 0 Å². The summed E-state index contributed by atoms with van der Waals surface area (Å²) in [6, 6.07) is 9.94. The van der Waals surface area contributed by atoms with E-state index in [1.807, 2.05) is 56.0 Å². The molecule has 6 heteroatoms. The number of benzene rings is 1. The highest BCUT2D eigenvalue weighted by atomic mass is 16.6. The molecule has 0 aromatic heterocycles. The van der Waals surface area contributed by atoms with Crippen LogP contribution in [0.25, 0.3) is 0 Å². The van der Waals surface area contributed by atoms with Crippen molar-refractivity contribution in [2.45, 2.75) is 64.7 Å². The molecule has 2 heterocycles. The van der Waals surface area contributed by atoms with Crippen molar-refractivity contribution in [3.63, 3.8) is 0 Å². The highest BCUT2D eigenvalue weighted by molar-refractivity contribution is 5.69. The Morgan fingerprint density at radius 2 is 1.68 bits per heavy atom. The first kappa shape index (κ1) is 20.5. The van der Waals surface area contributed by atoms with Crippen LogP contribution in [-0.4, -0.2) is 53.3 Å². The number of nitrogens with zero attached hydrogens (tertiary/aromatic N) is 2. The van der Waals surface area contributed by atoms with Gasteiger partial charge in [-0.15, -0.1) is 0 Å². The monoisotopic (exact) mass is 388 g/mol. The fourth-order valence-electron chi connectivity index (χ4n) is 4.11. The van der Waals surface area contributed by atoms with E-state index in [9.17, 15) is 9.59 Å². The quantitative estimate of drug-likeness (QED) is 0.768. The van der Waals surface area contributed by atoms with Gasteiger partial charge in [0.1, 0.15) is 12.2 Å². The molecule has 1 aromatic rings. The first-order valence-electron chi connectivity index (χ1n) is 10.3. The Labute approximate surface area is 167 Å². The molecule has 0 unspecified atom stereocenters. The van der Waals surface area contributed by atoms with Crippen LogP contribution in [0.1, 0.15) is 52.0 Å². The predicted octanol–water partition coefficient (Wildman–Crippen LogP) is 4.43. The summed E-state index contributed by atoms with van der Waals surface area (Å²) in [4.78, 5) is 28.6. The zero-order valence-corrected chi connectivity index (χ0v) is 17.2. The molecule has 0 spiro atoms. The Balaban J connectivity index is 1.47. The number of amides is 2. The van der Waals surface area contributed by atoms with Crippen molar-refractivity contribution in [3.8, 4) is 0 Å². The molecule has 0 bridgehead atoms. The van der Waals surface area contributed by atoms with Gasteiger partial charge in [-0.1, -0.05) is 30.3 Å². The van der Waals surface area contributed by atoms with Crippen molar-refractivity contribution >= 4 is 12.2 Å². The van der Waals surface area contributed by atoms with Gasteiger partial charge < -0.3 is 19.3 Å². The number of hydrogen-bond acceptors (Lipinski definition) is 4. The van der Waals surface area contributed by atoms with E-state index in [4.69, 9.17) is 9.47 Å². The van der Waals surface area contributed by atoms with Gasteiger partial charge >= 0.3 is 12.2 Å². The highest BCUT2D eigenvalue weighted by Gasteiger charge is 2.38. The normalized spacial score (nSPS) is 20.9. The van der Waals surface area contributed by atoms with Gasteiger partial charge in [0, 0.05) is 25.7 Å². The molecule has 0 saturated carbocycles. The summed E-state index contributed by atoms with van der Waals surface area (Å²) in [6.45, 7) is 8.11. The molecule has 2 saturated heterocycles. The van der Waals surface area contributed by atoms with E-state index in [-0.39, 0.29) is 18.2 Å². The minimum atomic E-state index is -0.476. The first-order chi connectivity index (χ1) is 13.3. The molecular weight excluding hydrogens is 356 g/mol. The van der Waals surface area contributed by atoms with Gasteiger partial charge in [0.25, 0.3) is 0 Å². The van der Waals surface area contributed by atoms with Gasteiger partial charge in [-0.2, -0.15) is 0 Å². The van der Waals surface area contributed by atoms with Gasteiger partial charge in [0.2, 0.25) is 0 Å². The van der Waals surface area contributed by atoms with Crippen molar-refractivity contribution < 1.29 is 19.1 Å². The third-order valence-electron chi connectivity index (χ3n) is 5.47. The number of likely N-dealkylation sites (tertiary alicyclic amines) is 2. The minimum Gasteiger partial charge on any atom is -0.445 e. The maximum atomic E-state index is 12.5. The summed E-state index contributed by atoms with van der Waals surface area (Å²) < 4.78 is 11.0.